The molecule has 0 spiro atoms. The predicted molar refractivity (Wildman–Crippen MR) is 128 cm³/mol. The molecule has 186 valence electrons. The van der Waals surface area contributed by atoms with Gasteiger partial charge in [0.25, 0.3) is 5.91 Å². The number of amides is 4. The predicted octanol–water partition coefficient (Wildman–Crippen LogP) is 3.18. The molecule has 2 heterocycles. The summed E-state index contributed by atoms with van der Waals surface area (Å²) in [5, 5.41) is 5.73. The zero-order valence-corrected chi connectivity index (χ0v) is 20.4. The Morgan fingerprint density at radius 2 is 1.86 bits per heavy atom. The van der Waals surface area contributed by atoms with Gasteiger partial charge in [-0.25, -0.2) is 4.79 Å². The molecule has 1 fully saturated rings. The van der Waals surface area contributed by atoms with Crippen molar-refractivity contribution < 1.29 is 28.6 Å². The average molecular weight is 482 g/mol. The second-order valence-electron chi connectivity index (χ2n) is 9.40. The van der Waals surface area contributed by atoms with Crippen LogP contribution in [0.1, 0.15) is 44.4 Å². The molecule has 4 rings (SSSR count). The van der Waals surface area contributed by atoms with Gasteiger partial charge in [-0.05, 0) is 61.1 Å². The lowest BCUT2D eigenvalue weighted by molar-refractivity contribution is -0.135. The summed E-state index contributed by atoms with van der Waals surface area (Å²) in [5.74, 6) is 1.37. The van der Waals surface area contributed by atoms with Crippen LogP contribution >= 0.6 is 0 Å². The van der Waals surface area contributed by atoms with Crippen molar-refractivity contribution in [1.82, 2.24) is 15.5 Å². The van der Waals surface area contributed by atoms with Crippen molar-refractivity contribution in [2.75, 3.05) is 20.4 Å². The Morgan fingerprint density at radius 3 is 2.54 bits per heavy atom. The molecule has 9 nitrogen and oxygen atoms in total. The minimum Gasteiger partial charge on any atom is -0.497 e. The number of methoxy groups -OCH3 is 1. The number of aryl methyl sites for hydroxylation is 1. The summed E-state index contributed by atoms with van der Waals surface area (Å²) in [6.07, 6.45) is 0.932. The maximum atomic E-state index is 13.1. The van der Waals surface area contributed by atoms with Crippen LogP contribution in [-0.2, 0) is 16.0 Å². The molecule has 0 bridgehead atoms. The number of imide groups is 1. The molecule has 2 atom stereocenters. The first kappa shape index (κ1) is 24.4. The Balaban J connectivity index is 1.38. The SMILES string of the molecule is COc1ccc(C(NC(=O)CN2C(=O)NC(C)(CCc3ccc4c(c3)OCO4)C2=O)C(C)C)cc1. The first-order chi connectivity index (χ1) is 16.7. The molecule has 2 N–H and O–H groups in total. The van der Waals surface area contributed by atoms with Gasteiger partial charge in [0.05, 0.1) is 13.2 Å². The third-order valence-corrected chi connectivity index (χ3v) is 6.46. The third kappa shape index (κ3) is 5.18. The average Bonchev–Trinajstić information content (AvgIpc) is 3.39. The summed E-state index contributed by atoms with van der Waals surface area (Å²) in [4.78, 5) is 39.6. The Hall–Kier alpha value is -3.75. The lowest BCUT2D eigenvalue weighted by Gasteiger charge is -2.25. The first-order valence-electron chi connectivity index (χ1n) is 11.7. The standard InChI is InChI=1S/C26H31N3O6/c1-16(2)23(18-6-8-19(33-4)9-7-18)27-22(30)14-29-24(31)26(3,28-25(29)32)12-11-17-5-10-20-21(13-17)35-15-34-20/h5-10,13,16,23H,11-12,14-15H2,1-4H3,(H,27,30)(H,28,32). The van der Waals surface area contributed by atoms with Crippen LogP contribution in [0.2, 0.25) is 0 Å². The van der Waals surface area contributed by atoms with Gasteiger partial charge in [-0.1, -0.05) is 32.0 Å². The summed E-state index contributed by atoms with van der Waals surface area (Å²) >= 11 is 0. The van der Waals surface area contributed by atoms with Crippen LogP contribution in [0.5, 0.6) is 17.2 Å². The topological polar surface area (TPSA) is 106 Å². The third-order valence-electron chi connectivity index (χ3n) is 6.46. The van der Waals surface area contributed by atoms with E-state index < -0.39 is 23.4 Å². The molecule has 2 unspecified atom stereocenters. The van der Waals surface area contributed by atoms with Crippen LogP contribution in [0.4, 0.5) is 4.79 Å². The highest BCUT2D eigenvalue weighted by Crippen LogP contribution is 2.33. The summed E-state index contributed by atoms with van der Waals surface area (Å²) in [6, 6.07) is 12.2. The van der Waals surface area contributed by atoms with Crippen molar-refractivity contribution in [3.8, 4) is 17.2 Å². The van der Waals surface area contributed by atoms with E-state index in [9.17, 15) is 14.4 Å². The smallest absolute Gasteiger partial charge is 0.325 e. The van der Waals surface area contributed by atoms with Crippen molar-refractivity contribution in [2.24, 2.45) is 5.92 Å². The highest BCUT2D eigenvalue weighted by atomic mass is 16.7. The van der Waals surface area contributed by atoms with Gasteiger partial charge in [0, 0.05) is 0 Å². The zero-order valence-electron chi connectivity index (χ0n) is 20.4. The van der Waals surface area contributed by atoms with Gasteiger partial charge in [0.1, 0.15) is 17.8 Å². The number of carbonyl (C=O) groups is 3. The number of nitrogens with one attached hydrogen (secondary N) is 2. The van der Waals surface area contributed by atoms with Crippen molar-refractivity contribution >= 4 is 17.8 Å². The molecule has 0 saturated carbocycles. The molecule has 2 aromatic rings. The second kappa shape index (κ2) is 9.85. The molecule has 2 aliphatic heterocycles. The molecular formula is C26H31N3O6. The Morgan fingerprint density at radius 1 is 1.14 bits per heavy atom. The van der Waals surface area contributed by atoms with Crippen LogP contribution in [0.15, 0.2) is 42.5 Å². The maximum Gasteiger partial charge on any atom is 0.325 e. The lowest BCUT2D eigenvalue weighted by Crippen LogP contribution is -2.46. The summed E-state index contributed by atoms with van der Waals surface area (Å²) < 4.78 is 15.9. The second-order valence-corrected chi connectivity index (χ2v) is 9.40. The molecule has 0 aromatic heterocycles. The highest BCUT2D eigenvalue weighted by Gasteiger charge is 2.48. The largest absolute Gasteiger partial charge is 0.497 e. The van der Waals surface area contributed by atoms with E-state index in [1.165, 1.54) is 0 Å². The minimum absolute atomic E-state index is 0.0995. The van der Waals surface area contributed by atoms with E-state index in [0.29, 0.717) is 24.3 Å². The van der Waals surface area contributed by atoms with Crippen LogP contribution < -0.4 is 24.8 Å². The van der Waals surface area contributed by atoms with E-state index in [4.69, 9.17) is 14.2 Å². The fourth-order valence-electron chi connectivity index (χ4n) is 4.36. The minimum atomic E-state index is -1.10. The molecule has 4 amide bonds. The number of carbonyl (C=O) groups excluding carboxylic acids is 3. The molecule has 0 aliphatic carbocycles. The molecule has 35 heavy (non-hydrogen) atoms. The van der Waals surface area contributed by atoms with E-state index in [1.807, 2.05) is 56.3 Å². The zero-order chi connectivity index (χ0) is 25.2. The maximum absolute atomic E-state index is 13.1. The van der Waals surface area contributed by atoms with Gasteiger partial charge in [-0.3, -0.25) is 14.5 Å². The van der Waals surface area contributed by atoms with Crippen molar-refractivity contribution in [2.45, 2.75) is 45.2 Å². The Labute approximate surface area is 204 Å². The van der Waals surface area contributed by atoms with Crippen molar-refractivity contribution in [3.05, 3.63) is 53.6 Å². The molecular weight excluding hydrogens is 450 g/mol. The number of hydrogen-bond donors (Lipinski definition) is 2. The van der Waals surface area contributed by atoms with E-state index in [-0.39, 0.29) is 25.3 Å². The number of fused-ring (bicyclic) bond motifs is 1. The highest BCUT2D eigenvalue weighted by molar-refractivity contribution is 6.08. The van der Waals surface area contributed by atoms with E-state index >= 15 is 0 Å². The summed E-state index contributed by atoms with van der Waals surface area (Å²) in [6.45, 7) is 5.53. The van der Waals surface area contributed by atoms with Gasteiger partial charge in [0.15, 0.2) is 11.5 Å². The van der Waals surface area contributed by atoms with E-state index in [2.05, 4.69) is 10.6 Å². The molecule has 9 heteroatoms. The van der Waals surface area contributed by atoms with Gasteiger partial charge >= 0.3 is 6.03 Å². The number of urea groups is 1. The fraction of sp³-hybridized carbons (Fsp3) is 0.423. The quantitative estimate of drug-likeness (QED) is 0.533. The van der Waals surface area contributed by atoms with Gasteiger partial charge in [0.2, 0.25) is 12.7 Å². The van der Waals surface area contributed by atoms with Crippen molar-refractivity contribution in [3.63, 3.8) is 0 Å². The van der Waals surface area contributed by atoms with Crippen LogP contribution in [0.3, 0.4) is 0 Å². The molecule has 2 aromatic carbocycles. The molecule has 1 saturated heterocycles. The van der Waals surface area contributed by atoms with Crippen molar-refractivity contribution in [1.29, 1.82) is 0 Å². The summed E-state index contributed by atoms with van der Waals surface area (Å²) in [7, 11) is 1.59. The van der Waals surface area contributed by atoms with Crippen LogP contribution in [0, 0.1) is 5.92 Å². The number of rotatable bonds is 9. The van der Waals surface area contributed by atoms with E-state index in [0.717, 1.165) is 21.8 Å². The van der Waals surface area contributed by atoms with Gasteiger partial charge in [-0.15, -0.1) is 0 Å². The van der Waals surface area contributed by atoms with E-state index in [1.54, 1.807) is 14.0 Å². The lowest BCUT2D eigenvalue weighted by atomic mass is 9.93. The van der Waals surface area contributed by atoms with Crippen LogP contribution in [-0.4, -0.2) is 48.7 Å². The molecule has 0 radical (unpaired) electrons. The Kier molecular flexibility index (Phi) is 6.86. The van der Waals surface area contributed by atoms with Gasteiger partial charge < -0.3 is 24.8 Å². The Bertz CT molecular complexity index is 1120. The number of benzene rings is 2. The molecule has 2 aliphatic rings. The number of hydrogen-bond acceptors (Lipinski definition) is 6. The number of ether oxygens (including phenoxy) is 3. The monoisotopic (exact) mass is 481 g/mol. The van der Waals surface area contributed by atoms with Crippen LogP contribution in [0.25, 0.3) is 0 Å². The number of nitrogens with zero attached hydrogens (tertiary/aromatic N) is 1. The normalized spacial score (nSPS) is 19.6. The summed E-state index contributed by atoms with van der Waals surface area (Å²) in [5.41, 5.74) is 0.786. The first-order valence-corrected chi connectivity index (χ1v) is 11.7. The fourth-order valence-corrected chi connectivity index (χ4v) is 4.36. The van der Waals surface area contributed by atoms with Gasteiger partial charge in [-0.2, -0.15) is 0 Å².